The number of aromatic nitrogens is 1. The predicted molar refractivity (Wildman–Crippen MR) is 118 cm³/mol. The number of pyridine rings is 1. The number of rotatable bonds is 3. The van der Waals surface area contributed by atoms with Crippen LogP contribution in [-0.2, 0) is 0 Å². The molecule has 0 bridgehead atoms. The molecule has 28 heavy (non-hydrogen) atoms. The Hall–Kier alpha value is -2.80. The van der Waals surface area contributed by atoms with E-state index in [0.717, 1.165) is 48.5 Å². The Morgan fingerprint density at radius 1 is 1.07 bits per heavy atom. The number of carbonyl (C=O) groups excluding carboxylic acids is 1. The van der Waals surface area contributed by atoms with Gasteiger partial charge in [-0.05, 0) is 49.6 Å². The quantitative estimate of drug-likeness (QED) is 0.710. The lowest BCUT2D eigenvalue weighted by molar-refractivity contribution is 0.100. The van der Waals surface area contributed by atoms with Crippen molar-refractivity contribution < 1.29 is 4.79 Å². The van der Waals surface area contributed by atoms with Crippen LogP contribution in [0.1, 0.15) is 27.2 Å². The molecule has 0 atom stereocenters. The highest BCUT2D eigenvalue weighted by molar-refractivity contribution is 7.21. The molecule has 1 amide bonds. The summed E-state index contributed by atoms with van der Waals surface area (Å²) in [4.78, 5) is 22.0. The van der Waals surface area contributed by atoms with Gasteiger partial charge in [-0.2, -0.15) is 0 Å². The van der Waals surface area contributed by atoms with Gasteiger partial charge in [-0.3, -0.25) is 4.79 Å². The van der Waals surface area contributed by atoms with Crippen molar-refractivity contribution in [3.63, 3.8) is 0 Å². The van der Waals surface area contributed by atoms with Gasteiger partial charge in [0.2, 0.25) is 0 Å². The van der Waals surface area contributed by atoms with E-state index in [1.807, 2.05) is 6.07 Å². The lowest BCUT2D eigenvalue weighted by atomic mass is 10.1. The van der Waals surface area contributed by atoms with Crippen LogP contribution in [0.4, 0.5) is 17.1 Å². The highest BCUT2D eigenvalue weighted by Crippen LogP contribution is 2.38. The molecule has 1 aliphatic heterocycles. The molecule has 1 aliphatic rings. The molecule has 7 heteroatoms. The Kier molecular flexibility index (Phi) is 4.85. The number of hydrogen-bond donors (Lipinski definition) is 2. The Labute approximate surface area is 168 Å². The molecule has 2 aromatic heterocycles. The highest BCUT2D eigenvalue weighted by atomic mass is 32.1. The zero-order valence-corrected chi connectivity index (χ0v) is 17.1. The van der Waals surface area contributed by atoms with Gasteiger partial charge in [0.1, 0.15) is 9.71 Å². The molecule has 1 saturated heterocycles. The van der Waals surface area contributed by atoms with Gasteiger partial charge in [0.05, 0.1) is 16.8 Å². The first-order valence-corrected chi connectivity index (χ1v) is 10.3. The van der Waals surface area contributed by atoms with Gasteiger partial charge in [-0.15, -0.1) is 11.3 Å². The summed E-state index contributed by atoms with van der Waals surface area (Å²) in [5, 5.41) is 0.848. The standard InChI is InChI=1S/C21H25N5OS/c1-13-4-5-15(12-14(13)2)25-8-3-9-26(11-10-25)16-6-7-24-21-17(16)18(22)19(28-21)20(23)27/h4-7,12H,3,8-11,22H2,1-2H3,(H2,23,27). The summed E-state index contributed by atoms with van der Waals surface area (Å²) in [6, 6.07) is 8.66. The van der Waals surface area contributed by atoms with Crippen molar-refractivity contribution in [3.05, 3.63) is 46.5 Å². The molecule has 0 radical (unpaired) electrons. The van der Waals surface area contributed by atoms with E-state index in [1.165, 1.54) is 28.2 Å². The number of carbonyl (C=O) groups is 1. The third-order valence-corrected chi connectivity index (χ3v) is 6.65. The van der Waals surface area contributed by atoms with Crippen LogP contribution in [0.3, 0.4) is 0 Å². The zero-order chi connectivity index (χ0) is 19.8. The summed E-state index contributed by atoms with van der Waals surface area (Å²) in [5.74, 6) is -0.497. The molecule has 0 aliphatic carbocycles. The third-order valence-electron chi connectivity index (χ3n) is 5.52. The summed E-state index contributed by atoms with van der Waals surface area (Å²) in [5.41, 5.74) is 17.1. The van der Waals surface area contributed by atoms with Crippen molar-refractivity contribution in [2.45, 2.75) is 20.3 Å². The average molecular weight is 396 g/mol. The summed E-state index contributed by atoms with van der Waals surface area (Å²) < 4.78 is 0. The second-order valence-corrected chi connectivity index (χ2v) is 8.31. The second-order valence-electron chi connectivity index (χ2n) is 7.32. The summed E-state index contributed by atoms with van der Waals surface area (Å²) in [7, 11) is 0. The van der Waals surface area contributed by atoms with Gasteiger partial charge >= 0.3 is 0 Å². The maximum Gasteiger partial charge on any atom is 0.260 e. The van der Waals surface area contributed by atoms with E-state index in [2.05, 4.69) is 46.8 Å². The number of benzene rings is 1. The molecule has 4 rings (SSSR count). The van der Waals surface area contributed by atoms with Crippen molar-refractivity contribution in [2.24, 2.45) is 5.73 Å². The van der Waals surface area contributed by atoms with Crippen LogP contribution in [0.25, 0.3) is 10.2 Å². The summed E-state index contributed by atoms with van der Waals surface area (Å²) in [6.07, 6.45) is 2.83. The van der Waals surface area contributed by atoms with Crippen LogP contribution in [0.15, 0.2) is 30.5 Å². The first-order valence-electron chi connectivity index (χ1n) is 9.49. The van der Waals surface area contributed by atoms with Crippen molar-refractivity contribution >= 4 is 44.5 Å². The number of anilines is 3. The van der Waals surface area contributed by atoms with E-state index >= 15 is 0 Å². The van der Waals surface area contributed by atoms with E-state index in [9.17, 15) is 4.79 Å². The zero-order valence-electron chi connectivity index (χ0n) is 16.2. The van der Waals surface area contributed by atoms with Gasteiger partial charge in [-0.25, -0.2) is 4.98 Å². The Morgan fingerprint density at radius 3 is 2.57 bits per heavy atom. The summed E-state index contributed by atoms with van der Waals surface area (Å²) in [6.45, 7) is 8.06. The molecule has 3 aromatic rings. The summed E-state index contributed by atoms with van der Waals surface area (Å²) >= 11 is 1.27. The monoisotopic (exact) mass is 395 g/mol. The molecule has 1 fully saturated rings. The first-order chi connectivity index (χ1) is 13.5. The molecule has 6 nitrogen and oxygen atoms in total. The molecule has 0 saturated carbocycles. The number of thiophene rings is 1. The number of aryl methyl sites for hydroxylation is 2. The molecule has 4 N–H and O–H groups in total. The molecular weight excluding hydrogens is 370 g/mol. The van der Waals surface area contributed by atoms with Crippen molar-refractivity contribution in [1.82, 2.24) is 4.98 Å². The SMILES string of the molecule is Cc1ccc(N2CCCN(c3ccnc4sc(C(N)=O)c(N)c34)CC2)cc1C. The van der Waals surface area contributed by atoms with Crippen LogP contribution in [0.5, 0.6) is 0 Å². The van der Waals surface area contributed by atoms with E-state index in [4.69, 9.17) is 11.5 Å². The number of nitrogen functional groups attached to an aromatic ring is 1. The smallest absolute Gasteiger partial charge is 0.260 e. The fourth-order valence-electron chi connectivity index (χ4n) is 3.81. The van der Waals surface area contributed by atoms with E-state index in [0.29, 0.717) is 10.6 Å². The van der Waals surface area contributed by atoms with E-state index in [-0.39, 0.29) is 0 Å². The maximum atomic E-state index is 11.7. The first kappa shape index (κ1) is 18.6. The largest absolute Gasteiger partial charge is 0.397 e. The fraction of sp³-hybridized carbons (Fsp3) is 0.333. The fourth-order valence-corrected chi connectivity index (χ4v) is 4.75. The maximum absolute atomic E-state index is 11.7. The van der Waals surface area contributed by atoms with Crippen LogP contribution in [0.2, 0.25) is 0 Å². The molecule has 0 unspecified atom stereocenters. The minimum atomic E-state index is -0.497. The van der Waals surface area contributed by atoms with Crippen LogP contribution >= 0.6 is 11.3 Å². The number of fused-ring (bicyclic) bond motifs is 1. The second kappa shape index (κ2) is 7.31. The van der Waals surface area contributed by atoms with Gasteiger partial charge in [0.15, 0.2) is 0 Å². The molecular formula is C21H25N5OS. The number of amides is 1. The Bertz CT molecular complexity index is 1040. The van der Waals surface area contributed by atoms with Crippen molar-refractivity contribution in [2.75, 3.05) is 41.7 Å². The third kappa shape index (κ3) is 3.26. The van der Waals surface area contributed by atoms with Crippen LogP contribution in [-0.4, -0.2) is 37.1 Å². The van der Waals surface area contributed by atoms with Gasteiger partial charge in [0.25, 0.3) is 5.91 Å². The van der Waals surface area contributed by atoms with Gasteiger partial charge < -0.3 is 21.3 Å². The normalized spacial score (nSPS) is 15.1. The Balaban J connectivity index is 1.63. The van der Waals surface area contributed by atoms with E-state index in [1.54, 1.807) is 6.20 Å². The molecule has 146 valence electrons. The average Bonchev–Trinajstić information content (AvgIpc) is 2.86. The molecule has 1 aromatic carbocycles. The van der Waals surface area contributed by atoms with E-state index < -0.39 is 5.91 Å². The molecule has 0 spiro atoms. The highest BCUT2D eigenvalue weighted by Gasteiger charge is 2.22. The Morgan fingerprint density at radius 2 is 1.82 bits per heavy atom. The van der Waals surface area contributed by atoms with Crippen LogP contribution < -0.4 is 21.3 Å². The molecule has 3 heterocycles. The van der Waals surface area contributed by atoms with Crippen LogP contribution in [0, 0.1) is 13.8 Å². The predicted octanol–water partition coefficient (Wildman–Crippen LogP) is 3.31. The minimum absolute atomic E-state index is 0.390. The number of nitrogens with zero attached hydrogens (tertiary/aromatic N) is 3. The number of hydrogen-bond acceptors (Lipinski definition) is 6. The van der Waals surface area contributed by atoms with Crippen molar-refractivity contribution in [1.29, 1.82) is 0 Å². The van der Waals surface area contributed by atoms with Gasteiger partial charge in [-0.1, -0.05) is 6.07 Å². The number of nitrogens with two attached hydrogens (primary N) is 2. The topological polar surface area (TPSA) is 88.5 Å². The number of primary amides is 1. The minimum Gasteiger partial charge on any atom is -0.397 e. The van der Waals surface area contributed by atoms with Crippen molar-refractivity contribution in [3.8, 4) is 0 Å². The lowest BCUT2D eigenvalue weighted by Gasteiger charge is -2.26. The van der Waals surface area contributed by atoms with Gasteiger partial charge in [0, 0.05) is 38.1 Å². The lowest BCUT2D eigenvalue weighted by Crippen LogP contribution is -2.30.